The molecule has 0 radical (unpaired) electrons. The molecule has 0 saturated heterocycles. The summed E-state index contributed by atoms with van der Waals surface area (Å²) in [6, 6.07) is 0. The number of hydrogen-bond donors (Lipinski definition) is 3. The number of rotatable bonds is 5. The smallest absolute Gasteiger partial charge is 0.227 e. The highest BCUT2D eigenvalue weighted by Gasteiger charge is 2.40. The summed E-state index contributed by atoms with van der Waals surface area (Å²) >= 11 is 0. The summed E-state index contributed by atoms with van der Waals surface area (Å²) in [4.78, 5) is 23.3. The number of halogens is 1. The Balaban J connectivity index is 0.00000289. The minimum Gasteiger partial charge on any atom is -0.369 e. The third-order valence-electron chi connectivity index (χ3n) is 3.79. The Kier molecular flexibility index (Phi) is 6.10. The number of primary amides is 1. The molecule has 2 amide bonds. The van der Waals surface area contributed by atoms with Crippen LogP contribution in [0.25, 0.3) is 0 Å². The Hall–Kier alpha value is -0.810. The van der Waals surface area contributed by atoms with Crippen molar-refractivity contribution in [3.05, 3.63) is 0 Å². The summed E-state index contributed by atoms with van der Waals surface area (Å²) in [5.74, 6) is -0.446. The summed E-state index contributed by atoms with van der Waals surface area (Å²) in [7, 11) is 0. The standard InChI is InChI=1S/C12H23N3O2.ClH/c1-11(2,9(14)16)8-15-10(17)12(7-13)5-3-4-6-12;/h3-8,13H2,1-2H3,(H2,14,16)(H,15,17);1H. The first-order valence-electron chi connectivity index (χ1n) is 6.12. The van der Waals surface area contributed by atoms with Gasteiger partial charge in [0.05, 0.1) is 10.8 Å². The summed E-state index contributed by atoms with van der Waals surface area (Å²) in [6.45, 7) is 4.08. The van der Waals surface area contributed by atoms with E-state index in [0.29, 0.717) is 6.54 Å². The van der Waals surface area contributed by atoms with E-state index in [-0.39, 0.29) is 24.9 Å². The Morgan fingerprint density at radius 3 is 2.17 bits per heavy atom. The Morgan fingerprint density at radius 1 is 1.28 bits per heavy atom. The molecule has 1 rings (SSSR count). The normalized spacial score (nSPS) is 17.9. The van der Waals surface area contributed by atoms with Crippen molar-refractivity contribution in [2.24, 2.45) is 22.3 Å². The molecule has 0 bridgehead atoms. The molecule has 0 spiro atoms. The zero-order valence-electron chi connectivity index (χ0n) is 11.1. The van der Waals surface area contributed by atoms with Crippen LogP contribution in [0.4, 0.5) is 0 Å². The third kappa shape index (κ3) is 3.59. The van der Waals surface area contributed by atoms with Crippen molar-refractivity contribution in [1.29, 1.82) is 0 Å². The number of hydrogen-bond acceptors (Lipinski definition) is 3. The van der Waals surface area contributed by atoms with Gasteiger partial charge in [-0.05, 0) is 26.7 Å². The van der Waals surface area contributed by atoms with Gasteiger partial charge in [0.2, 0.25) is 11.8 Å². The molecular weight excluding hydrogens is 254 g/mol. The van der Waals surface area contributed by atoms with E-state index in [1.807, 2.05) is 0 Å². The van der Waals surface area contributed by atoms with Gasteiger partial charge in [-0.3, -0.25) is 9.59 Å². The van der Waals surface area contributed by atoms with E-state index in [2.05, 4.69) is 5.32 Å². The zero-order chi connectivity index (χ0) is 13.1. The van der Waals surface area contributed by atoms with E-state index in [1.54, 1.807) is 13.8 Å². The molecule has 0 aromatic heterocycles. The monoisotopic (exact) mass is 277 g/mol. The molecule has 6 heteroatoms. The molecular formula is C12H24ClN3O2. The fourth-order valence-electron chi connectivity index (χ4n) is 2.15. The first-order valence-corrected chi connectivity index (χ1v) is 6.12. The highest BCUT2D eigenvalue weighted by Crippen LogP contribution is 2.37. The van der Waals surface area contributed by atoms with Gasteiger partial charge in [-0.1, -0.05) is 12.8 Å². The SMILES string of the molecule is CC(C)(CNC(=O)C1(CN)CCCC1)C(N)=O.Cl. The first-order chi connectivity index (χ1) is 7.84. The first kappa shape index (κ1) is 17.2. The maximum absolute atomic E-state index is 12.1. The van der Waals surface area contributed by atoms with Crippen molar-refractivity contribution in [2.75, 3.05) is 13.1 Å². The molecule has 0 unspecified atom stereocenters. The number of nitrogens with one attached hydrogen (secondary N) is 1. The Bertz CT molecular complexity index is 312. The lowest BCUT2D eigenvalue weighted by atomic mass is 9.84. The second kappa shape index (κ2) is 6.38. The highest BCUT2D eigenvalue weighted by atomic mass is 35.5. The molecule has 106 valence electrons. The molecule has 0 aromatic rings. The van der Waals surface area contributed by atoms with E-state index >= 15 is 0 Å². The van der Waals surface area contributed by atoms with Gasteiger partial charge in [0.25, 0.3) is 0 Å². The van der Waals surface area contributed by atoms with Crippen LogP contribution in [0.15, 0.2) is 0 Å². The van der Waals surface area contributed by atoms with Crippen molar-refractivity contribution < 1.29 is 9.59 Å². The molecule has 5 N–H and O–H groups in total. The largest absolute Gasteiger partial charge is 0.369 e. The van der Waals surface area contributed by atoms with Gasteiger partial charge in [0.1, 0.15) is 0 Å². The fourth-order valence-corrected chi connectivity index (χ4v) is 2.15. The van der Waals surface area contributed by atoms with Crippen molar-refractivity contribution in [1.82, 2.24) is 5.32 Å². The van der Waals surface area contributed by atoms with Crippen LogP contribution in [0.5, 0.6) is 0 Å². The third-order valence-corrected chi connectivity index (χ3v) is 3.79. The summed E-state index contributed by atoms with van der Waals surface area (Å²) < 4.78 is 0. The summed E-state index contributed by atoms with van der Waals surface area (Å²) in [5.41, 5.74) is 9.84. The predicted molar refractivity (Wildman–Crippen MR) is 73.2 cm³/mol. The maximum Gasteiger partial charge on any atom is 0.227 e. The van der Waals surface area contributed by atoms with Gasteiger partial charge in [-0.25, -0.2) is 0 Å². The molecule has 1 saturated carbocycles. The van der Waals surface area contributed by atoms with Crippen LogP contribution >= 0.6 is 12.4 Å². The fraction of sp³-hybridized carbons (Fsp3) is 0.833. The van der Waals surface area contributed by atoms with Gasteiger partial charge in [0, 0.05) is 13.1 Å². The molecule has 5 nitrogen and oxygen atoms in total. The van der Waals surface area contributed by atoms with Crippen molar-refractivity contribution in [2.45, 2.75) is 39.5 Å². The van der Waals surface area contributed by atoms with Gasteiger partial charge in [0.15, 0.2) is 0 Å². The molecule has 0 aliphatic heterocycles. The lowest BCUT2D eigenvalue weighted by Crippen LogP contribution is -2.49. The molecule has 18 heavy (non-hydrogen) atoms. The lowest BCUT2D eigenvalue weighted by Gasteiger charge is -2.28. The Labute approximate surface area is 114 Å². The van der Waals surface area contributed by atoms with Crippen LogP contribution in [0.2, 0.25) is 0 Å². The topological polar surface area (TPSA) is 98.2 Å². The summed E-state index contributed by atoms with van der Waals surface area (Å²) in [5, 5.41) is 2.82. The minimum atomic E-state index is -0.718. The van der Waals surface area contributed by atoms with Crippen LogP contribution in [0.3, 0.4) is 0 Å². The van der Waals surface area contributed by atoms with E-state index in [1.165, 1.54) is 0 Å². The van der Waals surface area contributed by atoms with Crippen LogP contribution < -0.4 is 16.8 Å². The molecule has 1 fully saturated rings. The maximum atomic E-state index is 12.1. The number of carbonyl (C=O) groups is 2. The van der Waals surface area contributed by atoms with Gasteiger partial charge in [-0.2, -0.15) is 0 Å². The van der Waals surface area contributed by atoms with E-state index in [0.717, 1.165) is 25.7 Å². The summed E-state index contributed by atoms with van der Waals surface area (Å²) in [6.07, 6.45) is 3.77. The average molecular weight is 278 g/mol. The molecule has 0 atom stereocenters. The highest BCUT2D eigenvalue weighted by molar-refractivity contribution is 5.85. The quantitative estimate of drug-likeness (QED) is 0.685. The van der Waals surface area contributed by atoms with Crippen molar-refractivity contribution >= 4 is 24.2 Å². The van der Waals surface area contributed by atoms with Crippen LogP contribution in [0, 0.1) is 10.8 Å². The van der Waals surface area contributed by atoms with Gasteiger partial charge < -0.3 is 16.8 Å². The number of nitrogens with two attached hydrogens (primary N) is 2. The lowest BCUT2D eigenvalue weighted by molar-refractivity contribution is -0.132. The van der Waals surface area contributed by atoms with Gasteiger partial charge in [-0.15, -0.1) is 12.4 Å². The average Bonchev–Trinajstić information content (AvgIpc) is 2.75. The molecule has 1 aliphatic carbocycles. The van der Waals surface area contributed by atoms with Crippen LogP contribution in [-0.2, 0) is 9.59 Å². The Morgan fingerprint density at radius 2 is 1.78 bits per heavy atom. The van der Waals surface area contributed by atoms with Crippen molar-refractivity contribution in [3.8, 4) is 0 Å². The van der Waals surface area contributed by atoms with E-state index in [9.17, 15) is 9.59 Å². The minimum absolute atomic E-state index is 0. The molecule has 1 aliphatic rings. The van der Waals surface area contributed by atoms with E-state index < -0.39 is 16.7 Å². The molecule has 0 aromatic carbocycles. The molecule has 0 heterocycles. The van der Waals surface area contributed by atoms with Crippen LogP contribution in [0.1, 0.15) is 39.5 Å². The zero-order valence-corrected chi connectivity index (χ0v) is 11.9. The second-order valence-electron chi connectivity index (χ2n) is 5.62. The second-order valence-corrected chi connectivity index (χ2v) is 5.62. The van der Waals surface area contributed by atoms with E-state index in [4.69, 9.17) is 11.5 Å². The number of amides is 2. The van der Waals surface area contributed by atoms with Crippen molar-refractivity contribution in [3.63, 3.8) is 0 Å². The van der Waals surface area contributed by atoms with Gasteiger partial charge >= 0.3 is 0 Å². The number of carbonyl (C=O) groups excluding carboxylic acids is 2. The predicted octanol–water partition coefficient (Wildman–Crippen LogP) is 0.555. The van der Waals surface area contributed by atoms with Crippen LogP contribution in [-0.4, -0.2) is 24.9 Å².